The fourth-order valence-electron chi connectivity index (χ4n) is 2.06. The third-order valence-electron chi connectivity index (χ3n) is 3.25. The lowest BCUT2D eigenvalue weighted by molar-refractivity contribution is -0.143. The highest BCUT2D eigenvalue weighted by Gasteiger charge is 2.13. The van der Waals surface area contributed by atoms with Gasteiger partial charge in [0.1, 0.15) is 5.76 Å². The van der Waals surface area contributed by atoms with Crippen molar-refractivity contribution in [2.24, 2.45) is 0 Å². The number of halogens is 1. The smallest absolute Gasteiger partial charge is 0.331 e. The van der Waals surface area contributed by atoms with E-state index in [1.807, 2.05) is 28.7 Å². The maximum Gasteiger partial charge on any atom is 0.331 e. The molecule has 0 bridgehead atoms. The number of fused-ring (bicyclic) bond motifs is 1. The molecule has 8 heteroatoms. The number of carbonyl (C=O) groups excluding carboxylic acids is 2. The zero-order chi connectivity index (χ0) is 17.6. The predicted octanol–water partition coefficient (Wildman–Crippen LogP) is 2.49. The fourth-order valence-corrected chi connectivity index (χ4v) is 2.49. The molecule has 0 saturated carbocycles. The van der Waals surface area contributed by atoms with E-state index in [1.165, 1.54) is 12.2 Å². The van der Waals surface area contributed by atoms with Crippen molar-refractivity contribution in [1.29, 1.82) is 0 Å². The lowest BCUT2D eigenvalue weighted by Gasteiger charge is -2.06. The van der Waals surface area contributed by atoms with Crippen molar-refractivity contribution in [3.8, 4) is 11.5 Å². The van der Waals surface area contributed by atoms with Crippen LogP contribution in [0, 0.1) is 3.77 Å². The molecule has 0 aliphatic carbocycles. The van der Waals surface area contributed by atoms with Crippen LogP contribution in [0.2, 0.25) is 0 Å². The van der Waals surface area contributed by atoms with Crippen LogP contribution >= 0.6 is 22.6 Å². The molecule has 2 heterocycles. The molecule has 0 saturated heterocycles. The first kappa shape index (κ1) is 17.3. The zero-order valence-corrected chi connectivity index (χ0v) is 15.1. The van der Waals surface area contributed by atoms with Gasteiger partial charge in [-0.15, -0.1) is 0 Å². The van der Waals surface area contributed by atoms with Gasteiger partial charge in [0.05, 0.1) is 0 Å². The number of furan rings is 1. The highest BCUT2D eigenvalue weighted by atomic mass is 127. The van der Waals surface area contributed by atoms with Crippen molar-refractivity contribution < 1.29 is 28.2 Å². The van der Waals surface area contributed by atoms with Crippen LogP contribution in [-0.2, 0) is 20.9 Å². The first-order valence-electron chi connectivity index (χ1n) is 7.35. The molecular weight excluding hydrogens is 441 g/mol. The molecular formula is C17H14INO6. The normalized spacial score (nSPS) is 12.4. The lowest BCUT2D eigenvalue weighted by Crippen LogP contribution is -2.28. The third-order valence-corrected chi connectivity index (χ3v) is 3.83. The summed E-state index contributed by atoms with van der Waals surface area (Å²) in [6.07, 6.45) is 2.69. The van der Waals surface area contributed by atoms with Crippen LogP contribution in [0.4, 0.5) is 0 Å². The molecule has 7 nitrogen and oxygen atoms in total. The van der Waals surface area contributed by atoms with Crippen molar-refractivity contribution in [3.05, 3.63) is 51.5 Å². The van der Waals surface area contributed by atoms with E-state index >= 15 is 0 Å². The molecule has 2 aromatic rings. The van der Waals surface area contributed by atoms with Crippen LogP contribution < -0.4 is 14.8 Å². The van der Waals surface area contributed by atoms with Crippen molar-refractivity contribution in [2.75, 3.05) is 13.4 Å². The molecule has 1 aromatic carbocycles. The lowest BCUT2D eigenvalue weighted by atomic mass is 10.2. The number of hydrogen-bond acceptors (Lipinski definition) is 6. The van der Waals surface area contributed by atoms with Gasteiger partial charge < -0.3 is 23.9 Å². The van der Waals surface area contributed by atoms with E-state index in [4.69, 9.17) is 18.6 Å². The van der Waals surface area contributed by atoms with Gasteiger partial charge in [-0.2, -0.15) is 0 Å². The number of benzene rings is 1. The standard InChI is InChI=1S/C17H14INO6/c18-15-5-2-12(25-15)3-6-17(21)22-9-16(20)19-8-11-1-4-13-14(7-11)24-10-23-13/h1-7H,8-10H2,(H,19,20)/b6-3+. The van der Waals surface area contributed by atoms with Crippen LogP contribution in [0.1, 0.15) is 11.3 Å². The van der Waals surface area contributed by atoms with E-state index in [9.17, 15) is 9.59 Å². The summed E-state index contributed by atoms with van der Waals surface area (Å²) < 4.78 is 21.3. The highest BCUT2D eigenvalue weighted by molar-refractivity contribution is 14.1. The largest absolute Gasteiger partial charge is 0.454 e. The minimum Gasteiger partial charge on any atom is -0.454 e. The van der Waals surface area contributed by atoms with E-state index in [0.717, 1.165) is 5.56 Å². The van der Waals surface area contributed by atoms with E-state index in [1.54, 1.807) is 24.3 Å². The Bertz CT molecular complexity index is 813. The maximum atomic E-state index is 11.7. The molecule has 0 radical (unpaired) electrons. The molecule has 1 aromatic heterocycles. The second-order valence-electron chi connectivity index (χ2n) is 5.05. The number of esters is 1. The monoisotopic (exact) mass is 455 g/mol. The topological polar surface area (TPSA) is 87.0 Å². The maximum absolute atomic E-state index is 11.7. The van der Waals surface area contributed by atoms with Crippen molar-refractivity contribution >= 4 is 40.5 Å². The zero-order valence-electron chi connectivity index (χ0n) is 13.0. The number of nitrogens with one attached hydrogen (secondary N) is 1. The van der Waals surface area contributed by atoms with Gasteiger partial charge in [0.15, 0.2) is 21.9 Å². The molecule has 25 heavy (non-hydrogen) atoms. The summed E-state index contributed by atoms with van der Waals surface area (Å²) in [5.74, 6) is 0.850. The number of hydrogen-bond donors (Lipinski definition) is 1. The Kier molecular flexibility index (Phi) is 5.59. The predicted molar refractivity (Wildman–Crippen MR) is 95.8 cm³/mol. The van der Waals surface area contributed by atoms with Gasteiger partial charge in [-0.1, -0.05) is 6.07 Å². The Balaban J connectivity index is 1.40. The minimum atomic E-state index is -0.621. The quantitative estimate of drug-likeness (QED) is 0.409. The summed E-state index contributed by atoms with van der Waals surface area (Å²) in [6.45, 7) is 0.142. The first-order chi connectivity index (χ1) is 12.1. The summed E-state index contributed by atoms with van der Waals surface area (Å²) in [7, 11) is 0. The Morgan fingerprint density at radius 3 is 2.84 bits per heavy atom. The average Bonchev–Trinajstić information content (AvgIpc) is 3.24. The Morgan fingerprint density at radius 1 is 1.20 bits per heavy atom. The van der Waals surface area contributed by atoms with Crippen LogP contribution in [0.3, 0.4) is 0 Å². The second-order valence-corrected chi connectivity index (χ2v) is 6.11. The Hall–Kier alpha value is -2.49. The van der Waals surface area contributed by atoms with Crippen LogP contribution in [0.15, 0.2) is 40.8 Å². The molecule has 3 rings (SSSR count). The number of rotatable bonds is 6. The average molecular weight is 455 g/mol. The van der Waals surface area contributed by atoms with Gasteiger partial charge in [0, 0.05) is 12.6 Å². The minimum absolute atomic E-state index is 0.200. The molecule has 0 spiro atoms. The Morgan fingerprint density at radius 2 is 2.04 bits per heavy atom. The highest BCUT2D eigenvalue weighted by Crippen LogP contribution is 2.32. The number of carbonyl (C=O) groups is 2. The van der Waals surface area contributed by atoms with Gasteiger partial charge in [0.2, 0.25) is 6.79 Å². The van der Waals surface area contributed by atoms with Crippen LogP contribution in [0.25, 0.3) is 6.08 Å². The van der Waals surface area contributed by atoms with Crippen LogP contribution in [0.5, 0.6) is 11.5 Å². The third kappa shape index (κ3) is 4.99. The molecule has 0 fully saturated rings. The van der Waals surface area contributed by atoms with E-state index in [-0.39, 0.29) is 13.4 Å². The summed E-state index contributed by atoms with van der Waals surface area (Å²) in [4.78, 5) is 23.3. The van der Waals surface area contributed by atoms with E-state index in [2.05, 4.69) is 5.32 Å². The van der Waals surface area contributed by atoms with Crippen LogP contribution in [-0.4, -0.2) is 25.3 Å². The fraction of sp³-hybridized carbons (Fsp3) is 0.176. The Labute approximate surface area is 157 Å². The van der Waals surface area contributed by atoms with Gasteiger partial charge in [0.25, 0.3) is 5.91 Å². The summed E-state index contributed by atoms with van der Waals surface area (Å²) in [5, 5.41) is 2.67. The first-order valence-corrected chi connectivity index (χ1v) is 8.43. The SMILES string of the molecule is O=C(COC(=O)/C=C/c1ccc(I)o1)NCc1ccc2c(c1)OCO2. The van der Waals surface area contributed by atoms with Gasteiger partial charge in [-0.25, -0.2) is 4.79 Å². The molecule has 1 N–H and O–H groups in total. The second kappa shape index (κ2) is 8.06. The molecule has 130 valence electrons. The molecule has 1 aliphatic heterocycles. The van der Waals surface area contributed by atoms with Gasteiger partial charge >= 0.3 is 5.97 Å². The summed E-state index contributed by atoms with van der Waals surface area (Å²) in [5.41, 5.74) is 0.858. The number of ether oxygens (including phenoxy) is 3. The van der Waals surface area contributed by atoms with E-state index < -0.39 is 11.9 Å². The van der Waals surface area contributed by atoms with Crippen molar-refractivity contribution in [3.63, 3.8) is 0 Å². The van der Waals surface area contributed by atoms with E-state index in [0.29, 0.717) is 27.6 Å². The van der Waals surface area contributed by atoms with Crippen molar-refractivity contribution in [1.82, 2.24) is 5.32 Å². The molecule has 1 aliphatic rings. The number of amides is 1. The van der Waals surface area contributed by atoms with Gasteiger partial charge in [-0.05, 0) is 58.5 Å². The molecule has 1 amide bonds. The summed E-state index contributed by atoms with van der Waals surface area (Å²) >= 11 is 2.02. The van der Waals surface area contributed by atoms with Gasteiger partial charge in [-0.3, -0.25) is 4.79 Å². The van der Waals surface area contributed by atoms with Crippen molar-refractivity contribution in [2.45, 2.75) is 6.54 Å². The molecule has 0 unspecified atom stereocenters. The summed E-state index contributed by atoms with van der Waals surface area (Å²) in [6, 6.07) is 8.90. The molecule has 0 atom stereocenters.